The molecule has 0 aliphatic heterocycles. The first-order chi connectivity index (χ1) is 14.3. The Hall–Kier alpha value is -2.19. The monoisotopic (exact) mass is 490 g/mol. The van der Waals surface area contributed by atoms with Gasteiger partial charge in [-0.2, -0.15) is 13.2 Å². The topological polar surface area (TPSA) is 161 Å². The van der Waals surface area contributed by atoms with E-state index in [1.165, 1.54) is 26.0 Å². The van der Waals surface area contributed by atoms with Gasteiger partial charge in [0.15, 0.2) is 12.1 Å². The fourth-order valence-corrected chi connectivity index (χ4v) is 2.85. The van der Waals surface area contributed by atoms with Gasteiger partial charge in [0.25, 0.3) is 0 Å². The molecule has 0 saturated heterocycles. The maximum Gasteiger partial charge on any atom is 0.430 e. The molecule has 0 radical (unpaired) electrons. The molecule has 188 valence electrons. The van der Waals surface area contributed by atoms with E-state index < -0.39 is 50.3 Å². The number of amides is 1. The van der Waals surface area contributed by atoms with Crippen LogP contribution in [-0.4, -0.2) is 87.0 Å². The van der Waals surface area contributed by atoms with E-state index in [1.807, 2.05) is 0 Å². The zero-order valence-corrected chi connectivity index (χ0v) is 20.2. The second kappa shape index (κ2) is 14.1. The number of carboxylic acid groups (broad SMARTS) is 1. The molecule has 10 nitrogen and oxygen atoms in total. The number of carbonyl (C=O) groups is 4. The molecule has 0 unspecified atom stereocenters. The van der Waals surface area contributed by atoms with Crippen molar-refractivity contribution in [2.45, 2.75) is 69.8 Å². The normalized spacial score (nSPS) is 14.2. The van der Waals surface area contributed by atoms with E-state index in [0.717, 1.165) is 6.04 Å². The van der Waals surface area contributed by atoms with Crippen molar-refractivity contribution in [3.63, 3.8) is 0 Å². The van der Waals surface area contributed by atoms with Crippen molar-refractivity contribution in [2.24, 2.45) is 0 Å². The SMILES string of the molecule is COC(=O)[C@H]([NH3+])CCC(=O)N(C)[C@H](C(=O)OCC[Si](C)(C)C)[C@@H](C)O.O=C([O-])C(F)(F)F. The number of hydrogen-bond acceptors (Lipinski definition) is 8. The van der Waals surface area contributed by atoms with E-state index in [-0.39, 0.29) is 25.4 Å². The van der Waals surface area contributed by atoms with E-state index in [4.69, 9.17) is 14.6 Å². The molecule has 4 N–H and O–H groups in total. The van der Waals surface area contributed by atoms with Crippen LogP contribution in [0.3, 0.4) is 0 Å². The number of methoxy groups -OCH3 is 1. The number of aliphatic hydroxyl groups excluding tert-OH is 1. The van der Waals surface area contributed by atoms with Crippen LogP contribution in [0.2, 0.25) is 25.7 Å². The van der Waals surface area contributed by atoms with Gasteiger partial charge in [-0.25, -0.2) is 9.59 Å². The second-order valence-electron chi connectivity index (χ2n) is 8.21. The van der Waals surface area contributed by atoms with Gasteiger partial charge >= 0.3 is 18.1 Å². The summed E-state index contributed by atoms with van der Waals surface area (Å²) in [6, 6.07) is -0.919. The third-order valence-electron chi connectivity index (χ3n) is 4.08. The van der Waals surface area contributed by atoms with Crippen molar-refractivity contribution in [2.75, 3.05) is 20.8 Å². The van der Waals surface area contributed by atoms with E-state index >= 15 is 0 Å². The van der Waals surface area contributed by atoms with Crippen LogP contribution >= 0.6 is 0 Å². The molecule has 0 aliphatic carbocycles. The van der Waals surface area contributed by atoms with Crippen LogP contribution in [-0.2, 0) is 28.7 Å². The van der Waals surface area contributed by atoms with Crippen molar-refractivity contribution in [3.05, 3.63) is 0 Å². The first-order valence-electron chi connectivity index (χ1n) is 9.64. The second-order valence-corrected chi connectivity index (χ2v) is 13.8. The molecule has 0 spiro atoms. The summed E-state index contributed by atoms with van der Waals surface area (Å²) in [5, 5.41) is 18.7. The number of halogens is 3. The molecule has 3 atom stereocenters. The Kier molecular flexibility index (Phi) is 14.1. The first-order valence-corrected chi connectivity index (χ1v) is 13.3. The number of hydrogen-bond donors (Lipinski definition) is 2. The minimum atomic E-state index is -5.19. The minimum absolute atomic E-state index is 0.0190. The molecule has 0 aromatic heterocycles. The maximum absolute atomic E-state index is 12.3. The summed E-state index contributed by atoms with van der Waals surface area (Å²) in [5.74, 6) is -4.49. The number of aliphatic hydroxyl groups is 1. The standard InChI is InChI=1S/C16H32N2O6Si.C2HF3O2/c1-11(19)14(16(22)24-9-10-25(4,5)6)18(2)13(20)8-7-12(17)15(21)23-3;3-2(4,5)1(6)7/h11-12,14,19H,7-10,17H2,1-6H3;(H,6,7)/t11-,12-,14+;/m1./s1. The van der Waals surface area contributed by atoms with Crippen LogP contribution in [0.1, 0.15) is 19.8 Å². The average molecular weight is 491 g/mol. The van der Waals surface area contributed by atoms with Gasteiger partial charge in [-0.1, -0.05) is 19.6 Å². The van der Waals surface area contributed by atoms with Gasteiger partial charge in [0.2, 0.25) is 5.91 Å². The van der Waals surface area contributed by atoms with E-state index in [1.54, 1.807) is 0 Å². The highest BCUT2D eigenvalue weighted by molar-refractivity contribution is 6.76. The van der Waals surface area contributed by atoms with Crippen LogP contribution in [0.5, 0.6) is 0 Å². The van der Waals surface area contributed by atoms with Crippen LogP contribution in [0.25, 0.3) is 0 Å². The van der Waals surface area contributed by atoms with Crippen molar-refractivity contribution >= 4 is 31.9 Å². The summed E-state index contributed by atoms with van der Waals surface area (Å²) in [7, 11) is 1.35. The number of rotatable bonds is 10. The number of nitrogens with zero attached hydrogens (tertiary/aromatic N) is 1. The Labute approximate surface area is 185 Å². The highest BCUT2D eigenvalue weighted by Gasteiger charge is 2.33. The molecule has 0 fully saturated rings. The summed E-state index contributed by atoms with van der Waals surface area (Å²) in [6.45, 7) is 8.22. The third-order valence-corrected chi connectivity index (χ3v) is 5.78. The van der Waals surface area contributed by atoms with Crippen molar-refractivity contribution in [1.29, 1.82) is 0 Å². The molecule has 0 aromatic carbocycles. The Bertz CT molecular complexity index is 639. The Balaban J connectivity index is 0. The molecule has 0 aromatic rings. The number of alkyl halides is 3. The fourth-order valence-electron chi connectivity index (χ4n) is 2.14. The lowest BCUT2D eigenvalue weighted by Crippen LogP contribution is -2.65. The van der Waals surface area contributed by atoms with Gasteiger partial charge in [-0.15, -0.1) is 0 Å². The Morgan fingerprint density at radius 3 is 1.97 bits per heavy atom. The maximum atomic E-state index is 12.3. The van der Waals surface area contributed by atoms with Crippen LogP contribution in [0.4, 0.5) is 13.2 Å². The fraction of sp³-hybridized carbons (Fsp3) is 0.778. The van der Waals surface area contributed by atoms with Crippen LogP contribution in [0.15, 0.2) is 0 Å². The molecule has 32 heavy (non-hydrogen) atoms. The van der Waals surface area contributed by atoms with E-state index in [0.29, 0.717) is 0 Å². The molecule has 0 rings (SSSR count). The highest BCUT2D eigenvalue weighted by Crippen LogP contribution is 2.13. The zero-order valence-electron chi connectivity index (χ0n) is 19.2. The number of carboxylic acids is 1. The Morgan fingerprint density at radius 2 is 1.62 bits per heavy atom. The number of carbonyl (C=O) groups excluding carboxylic acids is 4. The molecule has 0 heterocycles. The summed E-state index contributed by atoms with van der Waals surface area (Å²) >= 11 is 0. The average Bonchev–Trinajstić information content (AvgIpc) is 2.63. The van der Waals surface area contributed by atoms with Gasteiger partial charge in [0, 0.05) is 28.0 Å². The molecule has 14 heteroatoms. The third kappa shape index (κ3) is 14.0. The largest absolute Gasteiger partial charge is 0.542 e. The summed E-state index contributed by atoms with van der Waals surface area (Å²) in [6.07, 6.45) is -6.04. The first kappa shape index (κ1) is 32.0. The van der Waals surface area contributed by atoms with Gasteiger partial charge in [-0.3, -0.25) is 4.79 Å². The van der Waals surface area contributed by atoms with Crippen molar-refractivity contribution in [3.8, 4) is 0 Å². The van der Waals surface area contributed by atoms with E-state index in [9.17, 15) is 32.7 Å². The van der Waals surface area contributed by atoms with Gasteiger partial charge in [0.05, 0.1) is 19.8 Å². The molecule has 0 aliphatic rings. The van der Waals surface area contributed by atoms with Crippen LogP contribution < -0.4 is 10.8 Å². The highest BCUT2D eigenvalue weighted by atomic mass is 28.3. The summed E-state index contributed by atoms with van der Waals surface area (Å²) in [4.78, 5) is 45.8. The minimum Gasteiger partial charge on any atom is -0.542 e. The smallest absolute Gasteiger partial charge is 0.430 e. The van der Waals surface area contributed by atoms with Crippen molar-refractivity contribution in [1.82, 2.24) is 4.90 Å². The quantitative estimate of drug-likeness (QED) is 0.289. The lowest BCUT2D eigenvalue weighted by Gasteiger charge is -2.29. The van der Waals surface area contributed by atoms with Gasteiger partial charge < -0.3 is 35.1 Å². The number of likely N-dealkylation sites (N-methyl/N-ethyl adjacent to an activating group) is 1. The zero-order chi connectivity index (χ0) is 25.9. The predicted octanol–water partition coefficient (Wildman–Crippen LogP) is -1.06. The van der Waals surface area contributed by atoms with Crippen molar-refractivity contribution < 1.29 is 57.8 Å². The van der Waals surface area contributed by atoms with Gasteiger partial charge in [0.1, 0.15) is 5.97 Å². The molecule has 0 saturated carbocycles. The Morgan fingerprint density at radius 1 is 1.16 bits per heavy atom. The number of ether oxygens (including phenoxy) is 2. The number of quaternary nitrogens is 1. The number of esters is 2. The molecule has 0 bridgehead atoms. The van der Waals surface area contributed by atoms with Crippen LogP contribution in [0, 0.1) is 0 Å². The lowest BCUT2D eigenvalue weighted by atomic mass is 10.1. The number of aliphatic carboxylic acids is 1. The summed E-state index contributed by atoms with van der Waals surface area (Å²) in [5.41, 5.74) is 3.64. The lowest BCUT2D eigenvalue weighted by molar-refractivity contribution is -0.409. The van der Waals surface area contributed by atoms with E-state index in [2.05, 4.69) is 30.1 Å². The molecular weight excluding hydrogens is 457 g/mol. The van der Waals surface area contributed by atoms with Gasteiger partial charge in [-0.05, 0) is 13.0 Å². The predicted molar refractivity (Wildman–Crippen MR) is 106 cm³/mol. The summed E-state index contributed by atoms with van der Waals surface area (Å²) < 4.78 is 41.4. The molecule has 1 amide bonds. The molecular formula is C18H33F3N2O8Si.